The van der Waals surface area contributed by atoms with Crippen LogP contribution in [0.4, 0.5) is 5.69 Å². The van der Waals surface area contributed by atoms with Crippen LogP contribution in [0.3, 0.4) is 0 Å². The molecule has 0 aliphatic carbocycles. The molecule has 0 fully saturated rings. The number of anilines is 1. The summed E-state index contributed by atoms with van der Waals surface area (Å²) in [6.45, 7) is 7.48. The third-order valence-electron chi connectivity index (χ3n) is 4.75. The van der Waals surface area contributed by atoms with E-state index in [0.29, 0.717) is 23.8 Å². The highest BCUT2D eigenvalue weighted by molar-refractivity contribution is 6.31. The number of hydrogen-bond acceptors (Lipinski definition) is 2. The third kappa shape index (κ3) is 6.36. The first-order chi connectivity index (χ1) is 13.3. The third-order valence-corrected chi connectivity index (χ3v) is 4.98. The summed E-state index contributed by atoms with van der Waals surface area (Å²) in [6, 6.07) is 13.5. The molecule has 28 heavy (non-hydrogen) atoms. The number of halogens is 1. The van der Waals surface area contributed by atoms with E-state index >= 15 is 0 Å². The Bertz CT molecular complexity index is 838. The first kappa shape index (κ1) is 21.9. The number of nitrogens with one attached hydrogen (secondary N) is 2. The molecule has 0 aliphatic rings. The summed E-state index contributed by atoms with van der Waals surface area (Å²) >= 11 is 6.00. The Balaban J connectivity index is 1.92. The van der Waals surface area contributed by atoms with Gasteiger partial charge in [-0.25, -0.2) is 0 Å². The average Bonchev–Trinajstić information content (AvgIpc) is 2.64. The molecule has 2 rings (SSSR count). The molecule has 5 nitrogen and oxygen atoms in total. The monoisotopic (exact) mass is 402 g/mol. The zero-order valence-electron chi connectivity index (χ0n) is 17.0. The normalized spacial score (nSPS) is 11.8. The Morgan fingerprint density at radius 2 is 1.82 bits per heavy atom. The number of nitrogens with zero attached hydrogens (tertiary/aromatic N) is 1. The lowest BCUT2D eigenvalue weighted by Crippen LogP contribution is -3.09. The van der Waals surface area contributed by atoms with Crippen LogP contribution < -0.4 is 10.2 Å². The van der Waals surface area contributed by atoms with Gasteiger partial charge in [-0.15, -0.1) is 0 Å². The van der Waals surface area contributed by atoms with E-state index in [1.807, 2.05) is 39.1 Å². The average molecular weight is 403 g/mol. The maximum absolute atomic E-state index is 12.7. The molecule has 0 saturated heterocycles. The molecule has 1 atom stereocenters. The summed E-state index contributed by atoms with van der Waals surface area (Å²) in [5.74, 6) is -0.260. The zero-order chi connectivity index (χ0) is 20.7. The van der Waals surface area contributed by atoms with Gasteiger partial charge in [-0.2, -0.15) is 0 Å². The molecule has 0 spiro atoms. The van der Waals surface area contributed by atoms with Crippen molar-refractivity contribution in [1.29, 1.82) is 0 Å². The molecule has 0 bridgehead atoms. The van der Waals surface area contributed by atoms with E-state index in [0.717, 1.165) is 17.0 Å². The van der Waals surface area contributed by atoms with Crippen molar-refractivity contribution in [2.45, 2.75) is 27.3 Å². The van der Waals surface area contributed by atoms with Gasteiger partial charge in [0.1, 0.15) is 13.1 Å². The van der Waals surface area contributed by atoms with Gasteiger partial charge in [0.15, 0.2) is 6.54 Å². The molecule has 0 heterocycles. The highest BCUT2D eigenvalue weighted by Gasteiger charge is 2.20. The molecule has 0 radical (unpaired) electrons. The predicted octanol–water partition coefficient (Wildman–Crippen LogP) is 2.46. The molecule has 0 aliphatic heterocycles. The van der Waals surface area contributed by atoms with Gasteiger partial charge in [-0.3, -0.25) is 9.59 Å². The molecule has 2 aromatic rings. The van der Waals surface area contributed by atoms with E-state index in [-0.39, 0.29) is 18.4 Å². The Morgan fingerprint density at radius 3 is 2.50 bits per heavy atom. The number of rotatable bonds is 8. The molecular weight excluding hydrogens is 374 g/mol. The van der Waals surface area contributed by atoms with Crippen molar-refractivity contribution < 1.29 is 14.5 Å². The van der Waals surface area contributed by atoms with Crippen LogP contribution in [-0.4, -0.2) is 43.4 Å². The van der Waals surface area contributed by atoms with Crippen LogP contribution in [0, 0.1) is 13.8 Å². The van der Waals surface area contributed by atoms with Crippen molar-refractivity contribution in [2.24, 2.45) is 0 Å². The molecule has 2 aromatic carbocycles. The van der Waals surface area contributed by atoms with Gasteiger partial charge in [-0.1, -0.05) is 41.9 Å². The topological polar surface area (TPSA) is 53.9 Å². The van der Waals surface area contributed by atoms with Gasteiger partial charge in [-0.05, 0) is 44.0 Å². The summed E-state index contributed by atoms with van der Waals surface area (Å²) in [5, 5.41) is 3.41. The smallest absolute Gasteiger partial charge is 0.278 e. The van der Waals surface area contributed by atoms with Crippen LogP contribution in [-0.2, 0) is 16.1 Å². The number of aryl methyl sites for hydroxylation is 2. The fourth-order valence-electron chi connectivity index (χ4n) is 3.03. The van der Waals surface area contributed by atoms with Crippen molar-refractivity contribution in [3.05, 3.63) is 64.2 Å². The summed E-state index contributed by atoms with van der Waals surface area (Å²) < 4.78 is 0. The van der Waals surface area contributed by atoms with Gasteiger partial charge in [0.05, 0.1) is 7.05 Å². The van der Waals surface area contributed by atoms with Crippen LogP contribution in [0.15, 0.2) is 42.5 Å². The first-order valence-corrected chi connectivity index (χ1v) is 9.87. The molecule has 6 heteroatoms. The Hall–Kier alpha value is -2.37. The number of hydrogen-bond donors (Lipinski definition) is 2. The summed E-state index contributed by atoms with van der Waals surface area (Å²) in [6.07, 6.45) is 0. The molecule has 1 unspecified atom stereocenters. The van der Waals surface area contributed by atoms with E-state index in [4.69, 9.17) is 11.6 Å². The van der Waals surface area contributed by atoms with Crippen molar-refractivity contribution in [3.8, 4) is 0 Å². The van der Waals surface area contributed by atoms with E-state index in [2.05, 4.69) is 24.4 Å². The number of carbonyl (C=O) groups is 2. The fraction of sp³-hybridized carbons (Fsp3) is 0.364. The standard InChI is InChI=1S/C22H28ClN3O2/c1-5-26(14-21(27)24-20-12-19(23)11-10-17(20)3)22(28)15-25(4)13-18-9-7-6-8-16(18)2/h6-12H,5,13-15H2,1-4H3,(H,24,27)/p+1. The minimum absolute atomic E-state index is 0.0267. The number of amides is 2. The highest BCUT2D eigenvalue weighted by atomic mass is 35.5. The lowest BCUT2D eigenvalue weighted by Gasteiger charge is -2.23. The summed E-state index contributed by atoms with van der Waals surface area (Å²) in [7, 11) is 1.99. The number of quaternary nitrogens is 1. The maximum Gasteiger partial charge on any atom is 0.278 e. The van der Waals surface area contributed by atoms with E-state index in [9.17, 15) is 9.59 Å². The molecule has 0 saturated carbocycles. The lowest BCUT2D eigenvalue weighted by atomic mass is 10.1. The number of likely N-dealkylation sites (N-methyl/N-ethyl adjacent to an activating group) is 2. The SMILES string of the molecule is CCN(CC(=O)Nc1cc(Cl)ccc1C)C(=O)C[NH+](C)Cc1ccccc1C. The van der Waals surface area contributed by atoms with Gasteiger partial charge >= 0.3 is 0 Å². The quantitative estimate of drug-likeness (QED) is 0.712. The summed E-state index contributed by atoms with van der Waals surface area (Å²) in [5.41, 5.74) is 4.04. The van der Waals surface area contributed by atoms with Gasteiger partial charge in [0.2, 0.25) is 5.91 Å². The molecule has 2 amide bonds. The van der Waals surface area contributed by atoms with Crippen LogP contribution in [0.5, 0.6) is 0 Å². The van der Waals surface area contributed by atoms with Crippen molar-refractivity contribution in [3.63, 3.8) is 0 Å². The van der Waals surface area contributed by atoms with Crippen molar-refractivity contribution >= 4 is 29.1 Å². The second-order valence-corrected chi connectivity index (χ2v) is 7.59. The van der Waals surface area contributed by atoms with E-state index < -0.39 is 0 Å². The highest BCUT2D eigenvalue weighted by Crippen LogP contribution is 2.20. The maximum atomic E-state index is 12.7. The molecular formula is C22H29ClN3O2+. The van der Waals surface area contributed by atoms with Crippen LogP contribution in [0.2, 0.25) is 5.02 Å². The van der Waals surface area contributed by atoms with E-state index in [1.54, 1.807) is 17.0 Å². The Kier molecular flexibility index (Phi) is 8.03. The van der Waals surface area contributed by atoms with Crippen molar-refractivity contribution in [2.75, 3.05) is 32.0 Å². The number of benzene rings is 2. The second kappa shape index (κ2) is 10.2. The molecule has 0 aromatic heterocycles. The lowest BCUT2D eigenvalue weighted by molar-refractivity contribution is -0.885. The Morgan fingerprint density at radius 1 is 1.11 bits per heavy atom. The van der Waals surface area contributed by atoms with Crippen LogP contribution in [0.1, 0.15) is 23.6 Å². The van der Waals surface area contributed by atoms with Crippen LogP contribution in [0.25, 0.3) is 0 Å². The van der Waals surface area contributed by atoms with Crippen molar-refractivity contribution in [1.82, 2.24) is 4.90 Å². The molecule has 2 N–H and O–H groups in total. The zero-order valence-corrected chi connectivity index (χ0v) is 17.8. The number of carbonyl (C=O) groups excluding carboxylic acids is 2. The van der Waals surface area contributed by atoms with Gasteiger partial charge in [0, 0.05) is 22.8 Å². The van der Waals surface area contributed by atoms with E-state index in [1.165, 1.54) is 11.1 Å². The first-order valence-electron chi connectivity index (χ1n) is 9.49. The fourth-order valence-corrected chi connectivity index (χ4v) is 3.21. The van der Waals surface area contributed by atoms with Gasteiger partial charge in [0.25, 0.3) is 5.91 Å². The summed E-state index contributed by atoms with van der Waals surface area (Å²) in [4.78, 5) is 27.8. The minimum Gasteiger partial charge on any atom is -0.329 e. The predicted molar refractivity (Wildman–Crippen MR) is 114 cm³/mol. The molecule has 150 valence electrons. The minimum atomic E-state index is -0.225. The van der Waals surface area contributed by atoms with Crippen LogP contribution >= 0.6 is 11.6 Å². The largest absolute Gasteiger partial charge is 0.329 e. The Labute approximate surface area is 172 Å². The van der Waals surface area contributed by atoms with Gasteiger partial charge < -0.3 is 15.1 Å². The second-order valence-electron chi connectivity index (χ2n) is 7.15.